The predicted octanol–water partition coefficient (Wildman–Crippen LogP) is 3.20. The lowest BCUT2D eigenvalue weighted by atomic mass is 10.2. The van der Waals surface area contributed by atoms with E-state index in [1.807, 2.05) is 55.1 Å². The smallest absolute Gasteiger partial charge is 0.244 e. The van der Waals surface area contributed by atoms with Crippen molar-refractivity contribution < 1.29 is 22.7 Å². The van der Waals surface area contributed by atoms with Crippen molar-refractivity contribution in [3.05, 3.63) is 48.5 Å². The van der Waals surface area contributed by atoms with Crippen LogP contribution in [0.1, 0.15) is 13.8 Å². The number of sulfone groups is 1. The zero-order valence-electron chi connectivity index (χ0n) is 18.6. The van der Waals surface area contributed by atoms with Crippen LogP contribution >= 0.6 is 11.8 Å². The van der Waals surface area contributed by atoms with E-state index in [1.165, 1.54) is 11.8 Å². The van der Waals surface area contributed by atoms with Crippen molar-refractivity contribution in [1.82, 2.24) is 0 Å². The normalized spacial score (nSPS) is 20.6. The molecule has 2 aromatic rings. The molecular weight excluding hydrogens is 462 g/mol. The molecule has 10 heteroatoms. The van der Waals surface area contributed by atoms with Gasteiger partial charge in [0.05, 0.1) is 30.8 Å². The van der Waals surface area contributed by atoms with E-state index in [-0.39, 0.29) is 35.2 Å². The monoisotopic (exact) mass is 489 g/mol. The summed E-state index contributed by atoms with van der Waals surface area (Å²) in [7, 11) is -3.06. The van der Waals surface area contributed by atoms with Gasteiger partial charge in [-0.15, -0.1) is 0 Å². The molecule has 0 spiro atoms. The maximum Gasteiger partial charge on any atom is 0.244 e. The van der Waals surface area contributed by atoms with E-state index in [0.29, 0.717) is 24.1 Å². The number of amidine groups is 1. The summed E-state index contributed by atoms with van der Waals surface area (Å²) in [6.07, 6.45) is 0. The number of hydrogen-bond acceptors (Lipinski definition) is 8. The number of carbonyl (C=O) groups is 1. The standard InChI is InChI=1S/C23H27N3O5S2/c1-3-30-18-9-5-16(6-10-18)24-22(27)13-26(17-7-11-19(12-8-17)31-4-2)23-25-20-14-33(28,29)15-21(20)32-23/h5-12,20-21H,3-4,13-15H2,1-2H3,(H,24,27). The van der Waals surface area contributed by atoms with Crippen LogP contribution in [-0.2, 0) is 14.6 Å². The van der Waals surface area contributed by atoms with Crippen molar-refractivity contribution in [2.45, 2.75) is 25.1 Å². The lowest BCUT2D eigenvalue weighted by Crippen LogP contribution is -2.36. The Labute approximate surface area is 198 Å². The molecule has 1 fully saturated rings. The minimum absolute atomic E-state index is 0.0409. The molecule has 0 saturated carbocycles. The fraction of sp³-hybridized carbons (Fsp3) is 0.391. The molecule has 2 unspecified atom stereocenters. The van der Waals surface area contributed by atoms with Crippen LogP contribution in [-0.4, -0.2) is 62.0 Å². The molecule has 8 nitrogen and oxygen atoms in total. The highest BCUT2D eigenvalue weighted by atomic mass is 32.2. The quantitative estimate of drug-likeness (QED) is 0.608. The van der Waals surface area contributed by atoms with Crippen molar-refractivity contribution in [3.63, 3.8) is 0 Å². The fourth-order valence-electron chi connectivity index (χ4n) is 3.77. The van der Waals surface area contributed by atoms with Crippen molar-refractivity contribution in [1.29, 1.82) is 0 Å². The number of thioether (sulfide) groups is 1. The minimum Gasteiger partial charge on any atom is -0.494 e. The van der Waals surface area contributed by atoms with Gasteiger partial charge >= 0.3 is 0 Å². The van der Waals surface area contributed by atoms with Gasteiger partial charge in [-0.3, -0.25) is 9.79 Å². The second-order valence-electron chi connectivity index (χ2n) is 7.73. The average Bonchev–Trinajstić information content (AvgIpc) is 3.28. The number of fused-ring (bicyclic) bond motifs is 1. The summed E-state index contributed by atoms with van der Waals surface area (Å²) in [4.78, 5) is 19.4. The van der Waals surface area contributed by atoms with Crippen LogP contribution in [0.15, 0.2) is 53.5 Å². The molecule has 176 valence electrons. The van der Waals surface area contributed by atoms with Gasteiger partial charge in [0.2, 0.25) is 5.91 Å². The van der Waals surface area contributed by atoms with Gasteiger partial charge in [0.25, 0.3) is 0 Å². The molecule has 0 aliphatic carbocycles. The summed E-state index contributed by atoms with van der Waals surface area (Å²) >= 11 is 1.43. The van der Waals surface area contributed by atoms with Gasteiger partial charge < -0.3 is 19.7 Å². The van der Waals surface area contributed by atoms with Crippen LogP contribution < -0.4 is 19.7 Å². The molecule has 33 heavy (non-hydrogen) atoms. The van der Waals surface area contributed by atoms with Gasteiger partial charge in [0.15, 0.2) is 15.0 Å². The maximum absolute atomic E-state index is 12.9. The third-order valence-corrected chi connectivity index (χ3v) is 8.49. The van der Waals surface area contributed by atoms with Crippen molar-refractivity contribution >= 4 is 44.0 Å². The van der Waals surface area contributed by atoms with E-state index in [9.17, 15) is 13.2 Å². The number of anilines is 2. The summed E-state index contributed by atoms with van der Waals surface area (Å²) in [5.74, 6) is 1.45. The Balaban J connectivity index is 1.52. The Kier molecular flexibility index (Phi) is 7.14. The van der Waals surface area contributed by atoms with Crippen LogP contribution in [0.2, 0.25) is 0 Å². The molecule has 2 aliphatic heterocycles. The minimum atomic E-state index is -3.06. The highest BCUT2D eigenvalue weighted by molar-refractivity contribution is 8.15. The van der Waals surface area contributed by atoms with Crippen molar-refractivity contribution in [2.24, 2.45) is 4.99 Å². The summed E-state index contributed by atoms with van der Waals surface area (Å²) in [5, 5.41) is 3.46. The Morgan fingerprint density at radius 2 is 1.64 bits per heavy atom. The van der Waals surface area contributed by atoms with Crippen LogP contribution in [0.4, 0.5) is 11.4 Å². The third kappa shape index (κ3) is 5.80. The number of carbonyl (C=O) groups excluding carboxylic acids is 1. The van der Waals surface area contributed by atoms with Gasteiger partial charge in [-0.25, -0.2) is 8.42 Å². The number of benzene rings is 2. The lowest BCUT2D eigenvalue weighted by molar-refractivity contribution is -0.114. The Hall–Kier alpha value is -2.72. The Morgan fingerprint density at radius 1 is 1.03 bits per heavy atom. The first-order valence-electron chi connectivity index (χ1n) is 10.8. The summed E-state index contributed by atoms with van der Waals surface area (Å²) in [5.41, 5.74) is 1.45. The summed E-state index contributed by atoms with van der Waals surface area (Å²) < 4.78 is 34.9. The lowest BCUT2D eigenvalue weighted by Gasteiger charge is -2.24. The molecule has 1 amide bonds. The molecule has 2 atom stereocenters. The second kappa shape index (κ2) is 10.0. The SMILES string of the molecule is CCOc1ccc(NC(=O)CN(C2=NC3CS(=O)(=O)CC3S2)c2ccc(OCC)cc2)cc1. The molecule has 2 aromatic carbocycles. The fourth-order valence-corrected chi connectivity index (χ4v) is 7.55. The highest BCUT2D eigenvalue weighted by Crippen LogP contribution is 2.37. The first-order chi connectivity index (χ1) is 15.9. The number of amides is 1. The molecule has 0 aromatic heterocycles. The van der Waals surface area contributed by atoms with Crippen LogP contribution in [0.3, 0.4) is 0 Å². The largest absolute Gasteiger partial charge is 0.494 e. The molecule has 0 bridgehead atoms. The van der Waals surface area contributed by atoms with E-state index in [1.54, 1.807) is 12.1 Å². The molecule has 0 radical (unpaired) electrons. The maximum atomic E-state index is 12.9. The van der Waals surface area contributed by atoms with Gasteiger partial charge in [0, 0.05) is 16.6 Å². The zero-order valence-corrected chi connectivity index (χ0v) is 20.2. The van der Waals surface area contributed by atoms with Crippen molar-refractivity contribution in [3.8, 4) is 11.5 Å². The van der Waals surface area contributed by atoms with E-state index in [2.05, 4.69) is 10.3 Å². The first-order valence-corrected chi connectivity index (χ1v) is 13.5. The summed E-state index contributed by atoms with van der Waals surface area (Å²) in [6.45, 7) is 5.01. The van der Waals surface area contributed by atoms with Crippen LogP contribution in [0.25, 0.3) is 0 Å². The first kappa shape index (κ1) is 23.4. The molecule has 2 aliphatic rings. The van der Waals surface area contributed by atoms with E-state index in [0.717, 1.165) is 17.2 Å². The highest BCUT2D eigenvalue weighted by Gasteiger charge is 2.44. The summed E-state index contributed by atoms with van der Waals surface area (Å²) in [6, 6.07) is 14.4. The zero-order chi connectivity index (χ0) is 23.4. The van der Waals surface area contributed by atoms with Crippen LogP contribution in [0, 0.1) is 0 Å². The van der Waals surface area contributed by atoms with Gasteiger partial charge in [-0.1, -0.05) is 11.8 Å². The topological polar surface area (TPSA) is 97.3 Å². The Bertz CT molecular complexity index is 1120. The number of ether oxygens (including phenoxy) is 2. The van der Waals surface area contributed by atoms with Gasteiger partial charge in [-0.05, 0) is 62.4 Å². The van der Waals surface area contributed by atoms with E-state index in [4.69, 9.17) is 9.47 Å². The Morgan fingerprint density at radius 3 is 2.21 bits per heavy atom. The third-order valence-electron chi connectivity index (χ3n) is 5.25. The number of rotatable bonds is 8. The number of aliphatic imine (C=N–C) groups is 1. The van der Waals surface area contributed by atoms with Gasteiger partial charge in [-0.2, -0.15) is 0 Å². The molecule has 2 heterocycles. The van der Waals surface area contributed by atoms with Crippen molar-refractivity contribution in [2.75, 3.05) is 41.5 Å². The number of nitrogens with zero attached hydrogens (tertiary/aromatic N) is 2. The van der Waals surface area contributed by atoms with Gasteiger partial charge in [0.1, 0.15) is 18.0 Å². The van der Waals surface area contributed by atoms with E-state index >= 15 is 0 Å². The molecule has 1 saturated heterocycles. The molecule has 1 N–H and O–H groups in total. The second-order valence-corrected chi connectivity index (χ2v) is 11.1. The molecule has 4 rings (SSSR count). The van der Waals surface area contributed by atoms with E-state index < -0.39 is 9.84 Å². The number of hydrogen-bond donors (Lipinski definition) is 1. The average molecular weight is 490 g/mol. The van der Waals surface area contributed by atoms with Crippen LogP contribution in [0.5, 0.6) is 11.5 Å². The predicted molar refractivity (Wildman–Crippen MR) is 132 cm³/mol. The number of nitrogens with one attached hydrogen (secondary N) is 1. The molecular formula is C23H27N3O5S2.